The van der Waals surface area contributed by atoms with Gasteiger partial charge in [-0.15, -0.1) is 12.4 Å². The second-order valence-corrected chi connectivity index (χ2v) is 3.64. The molecule has 1 aromatic rings. The fourth-order valence-electron chi connectivity index (χ4n) is 1.55. The van der Waals surface area contributed by atoms with Gasteiger partial charge in [0.05, 0.1) is 6.04 Å². The third-order valence-corrected chi connectivity index (χ3v) is 2.61. The number of amides is 1. The summed E-state index contributed by atoms with van der Waals surface area (Å²) in [7, 11) is 0. The highest BCUT2D eigenvalue weighted by Crippen LogP contribution is 2.20. The maximum Gasteiger partial charge on any atom is 0.407 e. The Labute approximate surface area is 95.2 Å². The van der Waals surface area contributed by atoms with Crippen LogP contribution < -0.4 is 5.32 Å². The summed E-state index contributed by atoms with van der Waals surface area (Å²) in [6.45, 7) is 4.57. The number of hydrogen-bond acceptors (Lipinski definition) is 2. The predicted octanol–water partition coefficient (Wildman–Crippen LogP) is 2.51. The van der Waals surface area contributed by atoms with Gasteiger partial charge in [0, 0.05) is 0 Å². The highest BCUT2D eigenvalue weighted by Gasteiger charge is 2.23. The van der Waals surface area contributed by atoms with Gasteiger partial charge in [-0.25, -0.2) is 4.79 Å². The van der Waals surface area contributed by atoms with Gasteiger partial charge in [0.2, 0.25) is 0 Å². The number of benzene rings is 1. The molecule has 2 rings (SSSR count). The molecule has 1 fully saturated rings. The summed E-state index contributed by atoms with van der Waals surface area (Å²) in [5, 5.41) is 2.76. The molecule has 82 valence electrons. The molecule has 0 aliphatic carbocycles. The van der Waals surface area contributed by atoms with Crippen molar-refractivity contribution in [2.75, 3.05) is 6.61 Å². The van der Waals surface area contributed by atoms with Gasteiger partial charge in [-0.1, -0.05) is 18.2 Å². The first-order chi connectivity index (χ1) is 6.66. The topological polar surface area (TPSA) is 38.3 Å². The Bertz CT molecular complexity index is 379. The summed E-state index contributed by atoms with van der Waals surface area (Å²) in [6, 6.07) is 6.20. The molecule has 0 saturated carbocycles. The van der Waals surface area contributed by atoms with E-state index in [0.29, 0.717) is 6.61 Å². The lowest BCUT2D eigenvalue weighted by atomic mass is 10.0. The smallest absolute Gasteiger partial charge is 0.407 e. The Morgan fingerprint density at radius 1 is 1.33 bits per heavy atom. The Morgan fingerprint density at radius 3 is 2.60 bits per heavy atom. The summed E-state index contributed by atoms with van der Waals surface area (Å²) in [6.07, 6.45) is -0.326. The fourth-order valence-corrected chi connectivity index (χ4v) is 1.55. The molecular formula is C11H14ClNO2. The van der Waals surface area contributed by atoms with Crippen LogP contribution in [0.25, 0.3) is 0 Å². The van der Waals surface area contributed by atoms with E-state index in [0.717, 1.165) is 5.56 Å². The first-order valence-electron chi connectivity index (χ1n) is 4.67. The predicted molar refractivity (Wildman–Crippen MR) is 60.4 cm³/mol. The summed E-state index contributed by atoms with van der Waals surface area (Å²) in [5.41, 5.74) is 3.61. The number of halogens is 1. The number of cyclic esters (lactones) is 1. The summed E-state index contributed by atoms with van der Waals surface area (Å²) in [5.74, 6) is 0. The molecule has 4 heteroatoms. The normalized spacial score (nSPS) is 19.1. The zero-order valence-electron chi connectivity index (χ0n) is 8.74. The molecule has 1 amide bonds. The van der Waals surface area contributed by atoms with E-state index in [-0.39, 0.29) is 24.5 Å². The second kappa shape index (κ2) is 4.53. The van der Waals surface area contributed by atoms with Crippen LogP contribution in [0, 0.1) is 13.8 Å². The van der Waals surface area contributed by atoms with Crippen molar-refractivity contribution < 1.29 is 9.53 Å². The van der Waals surface area contributed by atoms with Crippen molar-refractivity contribution in [3.05, 3.63) is 34.9 Å². The Balaban J connectivity index is 0.00000112. The van der Waals surface area contributed by atoms with Crippen LogP contribution in [0.4, 0.5) is 4.79 Å². The largest absolute Gasteiger partial charge is 0.447 e. The van der Waals surface area contributed by atoms with E-state index in [2.05, 4.69) is 31.3 Å². The third-order valence-electron chi connectivity index (χ3n) is 2.61. The number of carbonyl (C=O) groups excluding carboxylic acids is 1. The minimum absolute atomic E-state index is 0. The van der Waals surface area contributed by atoms with E-state index in [4.69, 9.17) is 4.74 Å². The Kier molecular flexibility index (Phi) is 3.58. The van der Waals surface area contributed by atoms with Crippen LogP contribution in [0.3, 0.4) is 0 Å². The minimum Gasteiger partial charge on any atom is -0.447 e. The van der Waals surface area contributed by atoms with Crippen LogP contribution >= 0.6 is 12.4 Å². The van der Waals surface area contributed by atoms with E-state index < -0.39 is 0 Å². The summed E-state index contributed by atoms with van der Waals surface area (Å²) >= 11 is 0. The molecule has 0 radical (unpaired) electrons. The van der Waals surface area contributed by atoms with Gasteiger partial charge in [0.15, 0.2) is 0 Å². The molecule has 0 aromatic heterocycles. The molecule has 1 atom stereocenters. The van der Waals surface area contributed by atoms with Gasteiger partial charge in [0.25, 0.3) is 0 Å². The van der Waals surface area contributed by atoms with Crippen molar-refractivity contribution in [2.24, 2.45) is 0 Å². The number of ether oxygens (including phenoxy) is 1. The quantitative estimate of drug-likeness (QED) is 0.801. The number of aryl methyl sites for hydroxylation is 2. The zero-order chi connectivity index (χ0) is 10.1. The molecule has 0 bridgehead atoms. The van der Waals surface area contributed by atoms with Crippen LogP contribution in [0.5, 0.6) is 0 Å². The van der Waals surface area contributed by atoms with E-state index in [1.165, 1.54) is 11.1 Å². The number of hydrogen-bond donors (Lipinski definition) is 1. The molecule has 3 nitrogen and oxygen atoms in total. The summed E-state index contributed by atoms with van der Waals surface area (Å²) < 4.78 is 4.84. The van der Waals surface area contributed by atoms with E-state index in [9.17, 15) is 4.79 Å². The van der Waals surface area contributed by atoms with Gasteiger partial charge in [-0.2, -0.15) is 0 Å². The average molecular weight is 228 g/mol. The van der Waals surface area contributed by atoms with Gasteiger partial charge in [0.1, 0.15) is 6.61 Å². The monoisotopic (exact) mass is 227 g/mol. The lowest BCUT2D eigenvalue weighted by molar-refractivity contribution is 0.177. The molecule has 1 aliphatic rings. The van der Waals surface area contributed by atoms with Crippen LogP contribution in [-0.4, -0.2) is 12.7 Å². The van der Waals surface area contributed by atoms with Gasteiger partial charge >= 0.3 is 6.09 Å². The molecule has 1 heterocycles. The molecule has 15 heavy (non-hydrogen) atoms. The lowest BCUT2D eigenvalue weighted by Crippen LogP contribution is -2.18. The fraction of sp³-hybridized carbons (Fsp3) is 0.364. The lowest BCUT2D eigenvalue weighted by Gasteiger charge is -2.09. The number of carbonyl (C=O) groups is 1. The van der Waals surface area contributed by atoms with Crippen LogP contribution in [0.1, 0.15) is 22.7 Å². The molecule has 1 aromatic carbocycles. The minimum atomic E-state index is -0.326. The number of rotatable bonds is 1. The molecule has 1 aliphatic heterocycles. The molecule has 1 N–H and O–H groups in total. The van der Waals surface area contributed by atoms with Crippen molar-refractivity contribution in [3.8, 4) is 0 Å². The van der Waals surface area contributed by atoms with Gasteiger partial charge < -0.3 is 10.1 Å². The number of alkyl carbamates (subject to hydrolysis) is 1. The van der Waals surface area contributed by atoms with Crippen molar-refractivity contribution in [2.45, 2.75) is 19.9 Å². The zero-order valence-corrected chi connectivity index (χ0v) is 9.56. The highest BCUT2D eigenvalue weighted by atomic mass is 35.5. The summed E-state index contributed by atoms with van der Waals surface area (Å²) in [4.78, 5) is 10.8. The number of nitrogens with one attached hydrogen (secondary N) is 1. The molecular weight excluding hydrogens is 214 g/mol. The third kappa shape index (κ3) is 2.42. The van der Waals surface area contributed by atoms with E-state index in [1.807, 2.05) is 6.07 Å². The van der Waals surface area contributed by atoms with Gasteiger partial charge in [-0.05, 0) is 30.5 Å². The van der Waals surface area contributed by atoms with Crippen molar-refractivity contribution in [1.29, 1.82) is 0 Å². The standard InChI is InChI=1S/C11H13NO2.ClH/c1-7-3-4-9(5-8(7)2)10-6-14-11(13)12-10;/h3-5,10H,6H2,1-2H3,(H,12,13);1H/t10-;/m0./s1. The molecule has 0 spiro atoms. The molecule has 1 saturated heterocycles. The second-order valence-electron chi connectivity index (χ2n) is 3.64. The van der Waals surface area contributed by atoms with Gasteiger partial charge in [-0.3, -0.25) is 0 Å². The first-order valence-corrected chi connectivity index (χ1v) is 4.67. The maximum absolute atomic E-state index is 10.8. The Morgan fingerprint density at radius 2 is 2.07 bits per heavy atom. The van der Waals surface area contributed by atoms with Crippen molar-refractivity contribution in [3.63, 3.8) is 0 Å². The van der Waals surface area contributed by atoms with Crippen LogP contribution in [-0.2, 0) is 4.74 Å². The van der Waals surface area contributed by atoms with Crippen LogP contribution in [0.2, 0.25) is 0 Å². The Hall–Kier alpha value is -1.22. The van der Waals surface area contributed by atoms with Crippen molar-refractivity contribution >= 4 is 18.5 Å². The van der Waals surface area contributed by atoms with Crippen molar-refractivity contribution in [1.82, 2.24) is 5.32 Å². The highest BCUT2D eigenvalue weighted by molar-refractivity contribution is 5.85. The first kappa shape index (κ1) is 11.9. The molecule has 0 unspecified atom stereocenters. The maximum atomic E-state index is 10.8. The van der Waals surface area contributed by atoms with E-state index in [1.54, 1.807) is 0 Å². The SMILES string of the molecule is Cc1ccc([C@@H]2COC(=O)N2)cc1C.Cl. The average Bonchev–Trinajstić information content (AvgIpc) is 2.57. The van der Waals surface area contributed by atoms with E-state index >= 15 is 0 Å². The van der Waals surface area contributed by atoms with Crippen LogP contribution in [0.15, 0.2) is 18.2 Å².